The van der Waals surface area contributed by atoms with Crippen molar-refractivity contribution in [2.75, 3.05) is 12.2 Å². The number of hydrogen-bond acceptors (Lipinski definition) is 7. The zero-order chi connectivity index (χ0) is 22.2. The van der Waals surface area contributed by atoms with Crippen LogP contribution in [0.25, 0.3) is 0 Å². The van der Waals surface area contributed by atoms with Crippen LogP contribution in [0, 0.1) is 22.7 Å². The summed E-state index contributed by atoms with van der Waals surface area (Å²) in [5.41, 5.74) is -0.669. The maximum atomic E-state index is 11.4. The van der Waals surface area contributed by atoms with Gasteiger partial charge in [0.25, 0.3) is 0 Å². The lowest BCUT2D eigenvalue weighted by Crippen LogP contribution is -2.60. The van der Waals surface area contributed by atoms with Gasteiger partial charge >= 0.3 is 5.97 Å². The Bertz CT molecular complexity index is 616. The lowest BCUT2D eigenvalue weighted by atomic mass is 9.56. The fourth-order valence-electron chi connectivity index (χ4n) is 5.19. The molecule has 7 heteroatoms. The average Bonchev–Trinajstić information content (AvgIpc) is 3.36. The highest BCUT2D eigenvalue weighted by Gasteiger charge is 2.75. The standard InChI is InChI=1S/C22H38O6S/c1-13(2)15-16(23)18-22(27-18,21(6,7)17(15)26-12-29-8)11-20(4,5)10-9-14(3)19(24)28-25/h13,15-18,23,25H,3,9-12H2,1-2,4-8H3/t15-,16-,17-,18-,22+/m1/s1. The van der Waals surface area contributed by atoms with Crippen molar-refractivity contribution in [1.82, 2.24) is 0 Å². The van der Waals surface area contributed by atoms with Crippen LogP contribution in [0.2, 0.25) is 0 Å². The zero-order valence-electron chi connectivity index (χ0n) is 18.9. The van der Waals surface area contributed by atoms with Gasteiger partial charge in [0.1, 0.15) is 11.7 Å². The third-order valence-electron chi connectivity index (χ3n) is 6.95. The van der Waals surface area contributed by atoms with E-state index in [1.54, 1.807) is 11.8 Å². The second-order valence-corrected chi connectivity index (χ2v) is 11.1. The number of rotatable bonds is 10. The summed E-state index contributed by atoms with van der Waals surface area (Å²) in [4.78, 5) is 15.2. The summed E-state index contributed by atoms with van der Waals surface area (Å²) in [5.74, 6) is 0.0782. The van der Waals surface area contributed by atoms with Crippen LogP contribution < -0.4 is 0 Å². The van der Waals surface area contributed by atoms with Crippen molar-refractivity contribution in [2.24, 2.45) is 22.7 Å². The predicted octanol–water partition coefficient (Wildman–Crippen LogP) is 4.27. The van der Waals surface area contributed by atoms with E-state index in [1.807, 2.05) is 6.26 Å². The summed E-state index contributed by atoms with van der Waals surface area (Å²) in [6.07, 6.45) is 2.98. The van der Waals surface area contributed by atoms with Crippen LogP contribution in [-0.2, 0) is 19.2 Å². The highest BCUT2D eigenvalue weighted by Crippen LogP contribution is 2.65. The van der Waals surface area contributed by atoms with E-state index in [0.717, 1.165) is 6.42 Å². The molecule has 5 atom stereocenters. The van der Waals surface area contributed by atoms with E-state index in [9.17, 15) is 9.90 Å². The normalized spacial score (nSPS) is 33.3. The van der Waals surface area contributed by atoms with Crippen molar-refractivity contribution in [3.8, 4) is 0 Å². The lowest BCUT2D eigenvalue weighted by molar-refractivity contribution is -0.229. The van der Waals surface area contributed by atoms with Crippen molar-refractivity contribution in [1.29, 1.82) is 0 Å². The summed E-state index contributed by atoms with van der Waals surface area (Å²) in [5, 5.41) is 19.7. The first-order valence-corrected chi connectivity index (χ1v) is 11.7. The van der Waals surface area contributed by atoms with Crippen LogP contribution >= 0.6 is 11.8 Å². The van der Waals surface area contributed by atoms with Crippen molar-refractivity contribution < 1.29 is 29.5 Å². The third-order valence-corrected chi connectivity index (χ3v) is 7.32. The molecule has 0 amide bonds. The van der Waals surface area contributed by atoms with Crippen molar-refractivity contribution >= 4 is 17.7 Å². The molecule has 29 heavy (non-hydrogen) atoms. The van der Waals surface area contributed by atoms with Crippen LogP contribution in [-0.4, -0.2) is 52.4 Å². The number of carbonyl (C=O) groups is 1. The quantitative estimate of drug-likeness (QED) is 0.176. The molecular weight excluding hydrogens is 392 g/mol. The average molecular weight is 431 g/mol. The molecule has 1 saturated heterocycles. The van der Waals surface area contributed by atoms with E-state index in [-0.39, 0.29) is 40.4 Å². The van der Waals surface area contributed by atoms with Gasteiger partial charge in [-0.05, 0) is 36.9 Å². The predicted molar refractivity (Wildman–Crippen MR) is 114 cm³/mol. The SMILES string of the molecule is C=C(CCC(C)(C)C[C@]12O[C@@H]1[C@H](O)[C@@H](C(C)C)[C@@H](OCSC)C2(C)C)C(=O)OO. The van der Waals surface area contributed by atoms with Crippen LogP contribution in [0.4, 0.5) is 0 Å². The molecule has 0 spiro atoms. The van der Waals surface area contributed by atoms with E-state index in [0.29, 0.717) is 18.8 Å². The number of aliphatic hydroxyl groups is 1. The van der Waals surface area contributed by atoms with E-state index in [1.165, 1.54) is 0 Å². The molecule has 0 bridgehead atoms. The molecule has 2 N–H and O–H groups in total. The first-order valence-electron chi connectivity index (χ1n) is 10.3. The maximum absolute atomic E-state index is 11.4. The summed E-state index contributed by atoms with van der Waals surface area (Å²) in [6.45, 7) is 16.6. The Morgan fingerprint density at radius 2 is 1.97 bits per heavy atom. The van der Waals surface area contributed by atoms with E-state index in [4.69, 9.17) is 14.7 Å². The van der Waals surface area contributed by atoms with Gasteiger partial charge in [0.15, 0.2) is 0 Å². The molecule has 0 aromatic heterocycles. The smallest absolute Gasteiger partial charge is 0.368 e. The number of aliphatic hydroxyl groups excluding tert-OH is 1. The summed E-state index contributed by atoms with van der Waals surface area (Å²) in [6, 6.07) is 0. The van der Waals surface area contributed by atoms with Crippen molar-refractivity contribution in [3.63, 3.8) is 0 Å². The summed E-state index contributed by atoms with van der Waals surface area (Å²) < 4.78 is 12.6. The van der Waals surface area contributed by atoms with Crippen LogP contribution in [0.1, 0.15) is 60.8 Å². The first-order chi connectivity index (χ1) is 13.3. The Balaban J connectivity index is 2.21. The van der Waals surface area contributed by atoms with Gasteiger partial charge in [-0.2, -0.15) is 5.26 Å². The van der Waals surface area contributed by atoms with Gasteiger partial charge in [-0.25, -0.2) is 4.79 Å². The van der Waals surface area contributed by atoms with Gasteiger partial charge in [0, 0.05) is 16.9 Å². The van der Waals surface area contributed by atoms with Crippen LogP contribution in [0.5, 0.6) is 0 Å². The zero-order valence-corrected chi connectivity index (χ0v) is 19.7. The number of ether oxygens (including phenoxy) is 2. The Kier molecular flexibility index (Phi) is 7.54. The highest BCUT2D eigenvalue weighted by molar-refractivity contribution is 7.98. The molecule has 1 saturated carbocycles. The molecular formula is C22H38O6S. The van der Waals surface area contributed by atoms with Gasteiger partial charge in [-0.1, -0.05) is 48.1 Å². The van der Waals surface area contributed by atoms with Crippen LogP contribution in [0.15, 0.2) is 12.2 Å². The maximum Gasteiger partial charge on any atom is 0.368 e. The topological polar surface area (TPSA) is 88.5 Å². The molecule has 0 unspecified atom stereocenters. The summed E-state index contributed by atoms with van der Waals surface area (Å²) >= 11 is 1.64. The minimum absolute atomic E-state index is 0.0139. The summed E-state index contributed by atoms with van der Waals surface area (Å²) in [7, 11) is 0. The second-order valence-electron chi connectivity index (χ2n) is 10.3. The molecule has 1 aliphatic heterocycles. The Labute approximate surface area is 179 Å². The van der Waals surface area contributed by atoms with Gasteiger partial charge in [0.2, 0.25) is 0 Å². The molecule has 0 aromatic carbocycles. The fraction of sp³-hybridized carbons (Fsp3) is 0.864. The van der Waals surface area contributed by atoms with Crippen LogP contribution in [0.3, 0.4) is 0 Å². The molecule has 0 radical (unpaired) electrons. The Morgan fingerprint density at radius 1 is 1.34 bits per heavy atom. The van der Waals surface area contributed by atoms with Crippen molar-refractivity contribution in [3.05, 3.63) is 12.2 Å². The van der Waals surface area contributed by atoms with Gasteiger partial charge in [0.05, 0.1) is 18.1 Å². The lowest BCUT2D eigenvalue weighted by Gasteiger charge is -2.51. The van der Waals surface area contributed by atoms with Crippen molar-refractivity contribution in [2.45, 2.75) is 84.7 Å². The van der Waals surface area contributed by atoms with E-state index < -0.39 is 17.7 Å². The fourth-order valence-corrected chi connectivity index (χ4v) is 5.47. The van der Waals surface area contributed by atoms with Gasteiger partial charge in [-0.15, -0.1) is 11.8 Å². The molecule has 2 aliphatic rings. The second kappa shape index (κ2) is 8.87. The first kappa shape index (κ1) is 24.7. The molecule has 168 valence electrons. The molecule has 6 nitrogen and oxygen atoms in total. The minimum atomic E-state index is -0.793. The number of thioether (sulfide) groups is 1. The molecule has 2 rings (SSSR count). The molecule has 0 aromatic rings. The monoisotopic (exact) mass is 430 g/mol. The Morgan fingerprint density at radius 3 is 2.48 bits per heavy atom. The minimum Gasteiger partial charge on any atom is -0.390 e. The van der Waals surface area contributed by atoms with Gasteiger partial charge in [-0.3, -0.25) is 4.89 Å². The Hall–Kier alpha value is -0.600. The molecule has 1 heterocycles. The number of carbonyl (C=O) groups excluding carboxylic acids is 1. The largest absolute Gasteiger partial charge is 0.390 e. The number of fused-ring (bicyclic) bond motifs is 1. The number of hydrogen-bond donors (Lipinski definition) is 2. The number of epoxide rings is 1. The van der Waals surface area contributed by atoms with E-state index >= 15 is 0 Å². The molecule has 1 aliphatic carbocycles. The van der Waals surface area contributed by atoms with E-state index in [2.05, 4.69) is 53.0 Å². The third kappa shape index (κ3) is 4.69. The highest BCUT2D eigenvalue weighted by atomic mass is 32.2. The molecule has 2 fully saturated rings. The van der Waals surface area contributed by atoms with Gasteiger partial charge < -0.3 is 14.6 Å².